The van der Waals surface area contributed by atoms with Crippen LogP contribution in [0.2, 0.25) is 5.02 Å². The lowest BCUT2D eigenvalue weighted by atomic mass is 9.92. The number of halogens is 1. The highest BCUT2D eigenvalue weighted by molar-refractivity contribution is 6.31. The molecule has 1 aromatic carbocycles. The molecule has 0 unspecified atom stereocenters. The van der Waals surface area contributed by atoms with Gasteiger partial charge in [0.2, 0.25) is 6.54 Å². The van der Waals surface area contributed by atoms with Crippen molar-refractivity contribution >= 4 is 17.4 Å². The Balaban J connectivity index is 2.23. The number of hydrogen-bond donors (Lipinski definition) is 0. The first kappa shape index (κ1) is 15.1. The highest BCUT2D eigenvalue weighted by Crippen LogP contribution is 2.28. The summed E-state index contributed by atoms with van der Waals surface area (Å²) in [5.41, 5.74) is 0.915. The fourth-order valence-corrected chi connectivity index (χ4v) is 2.41. The zero-order valence-electron chi connectivity index (χ0n) is 11.1. The Morgan fingerprint density at radius 3 is 2.57 bits per heavy atom. The van der Waals surface area contributed by atoms with E-state index >= 15 is 0 Å². The number of benzene rings is 1. The molecule has 108 valence electrons. The third kappa shape index (κ3) is 4.10. The lowest BCUT2D eigenvalue weighted by molar-refractivity contribution is -0.483. The molecular formula is C15H13ClN2O3. The maximum Gasteiger partial charge on any atom is 0.211 e. The fourth-order valence-electron chi connectivity index (χ4n) is 2.12. The third-order valence-electron chi connectivity index (χ3n) is 3.10. The molecule has 0 saturated heterocycles. The van der Waals surface area contributed by atoms with Gasteiger partial charge in [0.15, 0.2) is 5.78 Å². The number of pyridine rings is 1. The Kier molecular flexibility index (Phi) is 5.00. The van der Waals surface area contributed by atoms with Gasteiger partial charge >= 0.3 is 0 Å². The first-order chi connectivity index (χ1) is 10.1. The molecule has 1 aromatic heterocycles. The molecule has 1 atom stereocenters. The van der Waals surface area contributed by atoms with E-state index in [1.54, 1.807) is 42.5 Å². The number of ketones is 1. The number of nitro groups is 1. The second-order valence-corrected chi connectivity index (χ2v) is 4.98. The predicted molar refractivity (Wildman–Crippen MR) is 79.2 cm³/mol. The molecular weight excluding hydrogens is 292 g/mol. The Labute approximate surface area is 126 Å². The van der Waals surface area contributed by atoms with Crippen molar-refractivity contribution in [3.63, 3.8) is 0 Å². The normalized spacial score (nSPS) is 11.9. The minimum atomic E-state index is -0.566. The van der Waals surface area contributed by atoms with Crippen LogP contribution in [-0.4, -0.2) is 22.2 Å². The van der Waals surface area contributed by atoms with Gasteiger partial charge in [-0.3, -0.25) is 19.9 Å². The molecule has 5 nitrogen and oxygen atoms in total. The van der Waals surface area contributed by atoms with Gasteiger partial charge in [-0.15, -0.1) is 0 Å². The van der Waals surface area contributed by atoms with Crippen molar-refractivity contribution in [1.82, 2.24) is 4.98 Å². The second kappa shape index (κ2) is 6.95. The maximum atomic E-state index is 12.2. The van der Waals surface area contributed by atoms with E-state index in [1.165, 1.54) is 6.20 Å². The van der Waals surface area contributed by atoms with E-state index in [9.17, 15) is 14.9 Å². The van der Waals surface area contributed by atoms with E-state index in [0.29, 0.717) is 16.3 Å². The van der Waals surface area contributed by atoms with Crippen LogP contribution >= 0.6 is 11.6 Å². The number of hydrogen-bond acceptors (Lipinski definition) is 4. The fraction of sp³-hybridized carbons (Fsp3) is 0.200. The van der Waals surface area contributed by atoms with Gasteiger partial charge in [0, 0.05) is 22.6 Å². The van der Waals surface area contributed by atoms with Crippen LogP contribution < -0.4 is 0 Å². The Bertz CT molecular complexity index is 646. The Morgan fingerprint density at radius 2 is 1.95 bits per heavy atom. The van der Waals surface area contributed by atoms with Crippen molar-refractivity contribution in [1.29, 1.82) is 0 Å². The highest BCUT2D eigenvalue weighted by Gasteiger charge is 2.24. The van der Waals surface area contributed by atoms with Crippen molar-refractivity contribution in [3.8, 4) is 0 Å². The summed E-state index contributed by atoms with van der Waals surface area (Å²) >= 11 is 6.08. The van der Waals surface area contributed by atoms with Gasteiger partial charge < -0.3 is 0 Å². The van der Waals surface area contributed by atoms with Crippen LogP contribution in [-0.2, 0) is 0 Å². The molecule has 0 radical (unpaired) electrons. The van der Waals surface area contributed by atoms with Crippen molar-refractivity contribution in [2.24, 2.45) is 0 Å². The summed E-state index contributed by atoms with van der Waals surface area (Å²) in [6, 6.07) is 11.9. The monoisotopic (exact) mass is 304 g/mol. The van der Waals surface area contributed by atoms with Crippen molar-refractivity contribution in [2.45, 2.75) is 12.3 Å². The summed E-state index contributed by atoms with van der Waals surface area (Å²) in [5, 5.41) is 11.3. The molecule has 6 heteroatoms. The summed E-state index contributed by atoms with van der Waals surface area (Å²) in [6.07, 6.45) is 1.52. The topological polar surface area (TPSA) is 73.1 Å². The molecule has 21 heavy (non-hydrogen) atoms. The lowest BCUT2D eigenvalue weighted by Crippen LogP contribution is -2.17. The van der Waals surface area contributed by atoms with Gasteiger partial charge in [-0.25, -0.2) is 0 Å². The smallest absolute Gasteiger partial charge is 0.211 e. The summed E-state index contributed by atoms with van der Waals surface area (Å²) in [6.45, 7) is -0.345. The number of rotatable bonds is 6. The quantitative estimate of drug-likeness (QED) is 0.466. The standard InChI is InChI=1S/C15H13ClN2O3/c16-13-6-2-1-5-12(13)11(10-18(20)21)9-15(19)14-7-3-4-8-17-14/h1-8,11H,9-10H2/t11-/m1/s1. The van der Waals surface area contributed by atoms with Crippen LogP contribution in [0.4, 0.5) is 0 Å². The zero-order valence-corrected chi connectivity index (χ0v) is 11.9. The number of Topliss-reactive ketones (excluding diaryl/α,β-unsaturated/α-hetero) is 1. The number of nitrogens with zero attached hydrogens (tertiary/aromatic N) is 2. The number of aromatic nitrogens is 1. The Morgan fingerprint density at radius 1 is 1.24 bits per heavy atom. The van der Waals surface area contributed by atoms with E-state index < -0.39 is 10.8 Å². The zero-order chi connectivity index (χ0) is 15.2. The van der Waals surface area contributed by atoms with Gasteiger partial charge in [0.05, 0.1) is 5.92 Å². The van der Waals surface area contributed by atoms with Crippen LogP contribution in [0.15, 0.2) is 48.7 Å². The molecule has 2 rings (SSSR count). The molecule has 0 saturated carbocycles. The van der Waals surface area contributed by atoms with E-state index in [4.69, 9.17) is 11.6 Å². The molecule has 0 aliphatic carbocycles. The van der Waals surface area contributed by atoms with E-state index in [1.807, 2.05) is 0 Å². The highest BCUT2D eigenvalue weighted by atomic mass is 35.5. The molecule has 0 spiro atoms. The molecule has 0 aliphatic rings. The average molecular weight is 305 g/mol. The lowest BCUT2D eigenvalue weighted by Gasteiger charge is -2.13. The molecule has 2 aromatic rings. The Hall–Kier alpha value is -2.27. The second-order valence-electron chi connectivity index (χ2n) is 4.58. The van der Waals surface area contributed by atoms with E-state index in [2.05, 4.69) is 4.98 Å². The van der Waals surface area contributed by atoms with Crippen molar-refractivity contribution < 1.29 is 9.72 Å². The predicted octanol–water partition coefficient (Wildman–Crippen LogP) is 3.37. The number of carbonyl (C=O) groups excluding carboxylic acids is 1. The molecule has 1 heterocycles. The van der Waals surface area contributed by atoms with Gasteiger partial charge in [-0.2, -0.15) is 0 Å². The van der Waals surface area contributed by atoms with Crippen molar-refractivity contribution in [3.05, 3.63) is 75.1 Å². The van der Waals surface area contributed by atoms with Gasteiger partial charge in [-0.05, 0) is 23.8 Å². The van der Waals surface area contributed by atoms with Gasteiger partial charge in [0.25, 0.3) is 0 Å². The minimum absolute atomic E-state index is 0.00171. The molecule has 0 amide bonds. The first-order valence-electron chi connectivity index (χ1n) is 6.38. The molecule has 0 fully saturated rings. The van der Waals surface area contributed by atoms with Crippen LogP contribution in [0.25, 0.3) is 0 Å². The van der Waals surface area contributed by atoms with E-state index in [-0.39, 0.29) is 18.7 Å². The molecule has 0 bridgehead atoms. The van der Waals surface area contributed by atoms with Crippen LogP contribution in [0.1, 0.15) is 28.4 Å². The molecule has 0 aliphatic heterocycles. The van der Waals surface area contributed by atoms with Gasteiger partial charge in [0.1, 0.15) is 5.69 Å². The first-order valence-corrected chi connectivity index (χ1v) is 6.76. The van der Waals surface area contributed by atoms with E-state index in [0.717, 1.165) is 0 Å². The summed E-state index contributed by atoms with van der Waals surface area (Å²) in [7, 11) is 0. The van der Waals surface area contributed by atoms with Crippen LogP contribution in [0, 0.1) is 10.1 Å². The SMILES string of the molecule is O=C(C[C@H](C[N+](=O)[O-])c1ccccc1Cl)c1ccccn1. The average Bonchev–Trinajstić information content (AvgIpc) is 2.47. The summed E-state index contributed by atoms with van der Waals surface area (Å²) < 4.78 is 0. The largest absolute Gasteiger partial charge is 0.292 e. The minimum Gasteiger partial charge on any atom is -0.292 e. The van der Waals surface area contributed by atoms with Crippen molar-refractivity contribution in [2.75, 3.05) is 6.54 Å². The third-order valence-corrected chi connectivity index (χ3v) is 3.44. The summed E-state index contributed by atoms with van der Waals surface area (Å²) in [5.74, 6) is -0.800. The van der Waals surface area contributed by atoms with Crippen LogP contribution in [0.5, 0.6) is 0 Å². The molecule has 0 N–H and O–H groups in total. The summed E-state index contributed by atoms with van der Waals surface area (Å²) in [4.78, 5) is 26.6. The number of carbonyl (C=O) groups is 1. The van der Waals surface area contributed by atoms with Crippen LogP contribution in [0.3, 0.4) is 0 Å². The van der Waals surface area contributed by atoms with Gasteiger partial charge in [-0.1, -0.05) is 35.9 Å². The maximum absolute atomic E-state index is 12.2.